The van der Waals surface area contributed by atoms with Crippen LogP contribution in [0.15, 0.2) is 35.2 Å². The molecule has 1 aliphatic carbocycles. The second-order valence-corrected chi connectivity index (χ2v) is 12.5. The number of aromatic nitrogens is 2. The molecule has 0 atom stereocenters. The molecule has 5 rings (SSSR count). The molecule has 36 heavy (non-hydrogen) atoms. The highest BCUT2D eigenvalue weighted by molar-refractivity contribution is 7.89. The van der Waals surface area contributed by atoms with Gasteiger partial charge in [0.1, 0.15) is 4.83 Å². The molecule has 1 N–H and O–H groups in total. The minimum Gasteiger partial charge on any atom is -0.427 e. The summed E-state index contributed by atoms with van der Waals surface area (Å²) in [5.74, 6) is -0.198. The lowest BCUT2D eigenvalue weighted by Crippen LogP contribution is -2.50. The first-order valence-electron chi connectivity index (χ1n) is 12.5. The fourth-order valence-electron chi connectivity index (χ4n) is 5.09. The van der Waals surface area contributed by atoms with Crippen LogP contribution in [0.2, 0.25) is 0 Å². The maximum atomic E-state index is 13.1. The van der Waals surface area contributed by atoms with Crippen molar-refractivity contribution >= 4 is 50.8 Å². The molecule has 1 aliphatic heterocycles. The highest BCUT2D eigenvalue weighted by Gasteiger charge is 2.29. The summed E-state index contributed by atoms with van der Waals surface area (Å²) in [5, 5.41) is 8.72. The Balaban J connectivity index is 1.27. The van der Waals surface area contributed by atoms with Crippen LogP contribution in [0.3, 0.4) is 0 Å². The number of fused-ring (bicyclic) bond motifs is 1. The number of piperazine rings is 1. The van der Waals surface area contributed by atoms with E-state index in [0.717, 1.165) is 28.8 Å². The molecule has 1 saturated carbocycles. The van der Waals surface area contributed by atoms with Gasteiger partial charge in [-0.15, -0.1) is 11.3 Å². The van der Waals surface area contributed by atoms with E-state index in [1.165, 1.54) is 34.9 Å². The second kappa shape index (κ2) is 10.6. The van der Waals surface area contributed by atoms with Crippen molar-refractivity contribution in [3.05, 3.63) is 40.9 Å². The van der Waals surface area contributed by atoms with Crippen LogP contribution in [0, 0.1) is 6.92 Å². The van der Waals surface area contributed by atoms with E-state index in [1.807, 2.05) is 13.0 Å². The SMILES string of the molecule is COBN1CCN(S(=O)(=O)c2ccc(NC(=O)c3cc4c(C)nn(C5CCCCC5)c4s3)cc2)CC1. The summed E-state index contributed by atoms with van der Waals surface area (Å²) in [6.45, 7) is 4.11. The molecular weight excluding hydrogens is 497 g/mol. The summed E-state index contributed by atoms with van der Waals surface area (Å²) >= 11 is 1.47. The van der Waals surface area contributed by atoms with Crippen LogP contribution in [0.5, 0.6) is 0 Å². The zero-order chi connectivity index (χ0) is 25.3. The highest BCUT2D eigenvalue weighted by atomic mass is 32.2. The topological polar surface area (TPSA) is 96.8 Å². The summed E-state index contributed by atoms with van der Waals surface area (Å²) in [4.78, 5) is 17.0. The molecule has 3 aromatic rings. The van der Waals surface area contributed by atoms with Crippen molar-refractivity contribution in [2.24, 2.45) is 0 Å². The Morgan fingerprint density at radius 3 is 2.47 bits per heavy atom. The van der Waals surface area contributed by atoms with E-state index in [4.69, 9.17) is 9.75 Å². The smallest absolute Gasteiger partial charge is 0.363 e. The monoisotopic (exact) mass is 529 g/mol. The third-order valence-corrected chi connectivity index (χ3v) is 10.1. The fourth-order valence-corrected chi connectivity index (χ4v) is 7.64. The Bertz CT molecular complexity index is 1320. The van der Waals surface area contributed by atoms with Crippen LogP contribution in [-0.2, 0) is 14.7 Å². The summed E-state index contributed by atoms with van der Waals surface area (Å²) in [5.41, 5.74) is 1.51. The van der Waals surface area contributed by atoms with Gasteiger partial charge in [0.25, 0.3) is 5.91 Å². The second-order valence-electron chi connectivity index (χ2n) is 9.57. The zero-order valence-corrected chi connectivity index (χ0v) is 22.4. The number of benzene rings is 1. The lowest BCUT2D eigenvalue weighted by Gasteiger charge is -2.33. The van der Waals surface area contributed by atoms with Crippen molar-refractivity contribution in [3.63, 3.8) is 0 Å². The molecular formula is C24H32BN5O4S2. The minimum atomic E-state index is -3.58. The van der Waals surface area contributed by atoms with Crippen molar-refractivity contribution in [2.75, 3.05) is 38.6 Å². The Labute approximate surface area is 216 Å². The standard InChI is InChI=1S/C24H32BN5O4S2/c1-17-21-16-22(35-24(21)30(27-17)19-6-4-3-5-7-19)23(31)26-18-8-10-20(11-9-18)36(32,33)29-14-12-28(13-15-29)25-34-2/h8-11,16,19,25H,3-7,12-15H2,1-2H3,(H,26,31). The van der Waals surface area contributed by atoms with Crippen molar-refractivity contribution in [1.29, 1.82) is 0 Å². The normalized spacial score (nSPS) is 18.5. The summed E-state index contributed by atoms with van der Waals surface area (Å²) in [7, 11) is -1.45. The minimum absolute atomic E-state index is 0.198. The molecule has 12 heteroatoms. The van der Waals surface area contributed by atoms with Crippen molar-refractivity contribution in [3.8, 4) is 0 Å². The van der Waals surface area contributed by atoms with E-state index in [-0.39, 0.29) is 10.8 Å². The highest BCUT2D eigenvalue weighted by Crippen LogP contribution is 2.35. The van der Waals surface area contributed by atoms with Crippen molar-refractivity contribution in [2.45, 2.75) is 50.0 Å². The van der Waals surface area contributed by atoms with Gasteiger partial charge < -0.3 is 14.8 Å². The van der Waals surface area contributed by atoms with E-state index < -0.39 is 10.0 Å². The Morgan fingerprint density at radius 1 is 1.11 bits per heavy atom. The van der Waals surface area contributed by atoms with Crippen LogP contribution >= 0.6 is 11.3 Å². The number of aryl methyl sites for hydroxylation is 1. The first-order chi connectivity index (χ1) is 17.4. The predicted octanol–water partition coefficient (Wildman–Crippen LogP) is 3.38. The first-order valence-corrected chi connectivity index (χ1v) is 14.7. The summed E-state index contributed by atoms with van der Waals surface area (Å²) in [6.07, 6.45) is 5.99. The molecule has 2 aliphatic rings. The molecule has 0 bridgehead atoms. The van der Waals surface area contributed by atoms with Gasteiger partial charge in [0.2, 0.25) is 10.0 Å². The zero-order valence-electron chi connectivity index (χ0n) is 20.8. The van der Waals surface area contributed by atoms with E-state index in [1.54, 1.807) is 31.4 Å². The number of rotatable bonds is 7. The van der Waals surface area contributed by atoms with Gasteiger partial charge in [-0.1, -0.05) is 19.3 Å². The van der Waals surface area contributed by atoms with Gasteiger partial charge in [0.15, 0.2) is 0 Å². The molecule has 0 spiro atoms. The molecule has 1 saturated heterocycles. The maximum Gasteiger partial charge on any atom is 0.363 e. The number of hydrogen-bond acceptors (Lipinski definition) is 7. The lowest BCUT2D eigenvalue weighted by molar-refractivity contribution is 0.103. The summed E-state index contributed by atoms with van der Waals surface area (Å²) < 4.78 is 34.9. The van der Waals surface area contributed by atoms with Gasteiger partial charge in [-0.05, 0) is 50.1 Å². The van der Waals surface area contributed by atoms with E-state index in [0.29, 0.717) is 50.4 Å². The van der Waals surface area contributed by atoms with Gasteiger partial charge >= 0.3 is 7.62 Å². The Morgan fingerprint density at radius 2 is 1.81 bits per heavy atom. The number of amides is 1. The third-order valence-electron chi connectivity index (χ3n) is 7.11. The largest absolute Gasteiger partial charge is 0.427 e. The molecule has 3 heterocycles. The average Bonchev–Trinajstić information content (AvgIpc) is 3.46. The first kappa shape index (κ1) is 25.4. The van der Waals surface area contributed by atoms with Gasteiger partial charge in [-0.2, -0.15) is 9.40 Å². The van der Waals surface area contributed by atoms with Crippen molar-refractivity contribution in [1.82, 2.24) is 18.9 Å². The number of nitrogens with one attached hydrogen (secondary N) is 1. The number of thiophene rings is 1. The van der Waals surface area contributed by atoms with Crippen LogP contribution in [0.4, 0.5) is 5.69 Å². The van der Waals surface area contributed by atoms with Crippen LogP contribution in [0.1, 0.15) is 53.5 Å². The maximum absolute atomic E-state index is 13.1. The lowest BCUT2D eigenvalue weighted by atomic mass is 9.96. The molecule has 1 amide bonds. The number of sulfonamides is 1. The third kappa shape index (κ3) is 5.10. The van der Waals surface area contributed by atoms with E-state index in [2.05, 4.69) is 14.8 Å². The van der Waals surface area contributed by atoms with E-state index >= 15 is 0 Å². The summed E-state index contributed by atoms with van der Waals surface area (Å²) in [6, 6.07) is 8.73. The number of nitrogens with zero attached hydrogens (tertiary/aromatic N) is 4. The number of anilines is 1. The van der Waals surface area contributed by atoms with Gasteiger partial charge in [0, 0.05) is 44.4 Å². The molecule has 2 aromatic heterocycles. The van der Waals surface area contributed by atoms with Crippen LogP contribution in [0.25, 0.3) is 10.2 Å². The van der Waals surface area contributed by atoms with Crippen LogP contribution < -0.4 is 5.32 Å². The molecule has 2 fully saturated rings. The Kier molecular flexibility index (Phi) is 7.50. The van der Waals surface area contributed by atoms with Crippen molar-refractivity contribution < 1.29 is 17.9 Å². The average molecular weight is 529 g/mol. The molecule has 0 unspecified atom stereocenters. The molecule has 1 aromatic carbocycles. The molecule has 0 radical (unpaired) electrons. The quantitative estimate of drug-likeness (QED) is 0.472. The molecule has 9 nitrogen and oxygen atoms in total. The number of carbonyl (C=O) groups excluding carboxylic acids is 1. The number of carbonyl (C=O) groups is 1. The van der Waals surface area contributed by atoms with Gasteiger partial charge in [-0.3, -0.25) is 9.48 Å². The number of hydrogen-bond donors (Lipinski definition) is 1. The van der Waals surface area contributed by atoms with Gasteiger partial charge in [-0.25, -0.2) is 8.42 Å². The van der Waals surface area contributed by atoms with Gasteiger partial charge in [0.05, 0.1) is 21.5 Å². The molecule has 192 valence electrons. The van der Waals surface area contributed by atoms with Crippen LogP contribution in [-0.4, -0.2) is 74.1 Å². The fraction of sp³-hybridized carbons (Fsp3) is 0.500. The van der Waals surface area contributed by atoms with E-state index in [9.17, 15) is 13.2 Å². The predicted molar refractivity (Wildman–Crippen MR) is 143 cm³/mol. The Hall–Kier alpha value is -2.25.